The summed E-state index contributed by atoms with van der Waals surface area (Å²) >= 11 is 23.9. The number of carbonyl (C=O) groups is 2. The van der Waals surface area contributed by atoms with Crippen molar-refractivity contribution < 1.29 is 19.2 Å². The monoisotopic (exact) mass is 462 g/mol. The fourth-order valence-electron chi connectivity index (χ4n) is 2.05. The van der Waals surface area contributed by atoms with Gasteiger partial charge in [-0.05, 0) is 30.3 Å². The average Bonchev–Trinajstić information content (AvgIpc) is 2.65. The standard InChI is InChI=1S/C18H14Cl4N2O4/c1-27-18(26)16(24-17(25)11-6-5-10(19)7-15(11)22)8-23-28-9-12-13(20)3-2-4-14(12)21/h2-8,16H,9H2,1H3,(H,24,25)/b23-8-. The minimum absolute atomic E-state index is 0.0279. The molecule has 1 N–H and O–H groups in total. The second kappa shape index (κ2) is 10.5. The van der Waals surface area contributed by atoms with E-state index in [1.54, 1.807) is 18.2 Å². The van der Waals surface area contributed by atoms with Gasteiger partial charge >= 0.3 is 5.97 Å². The van der Waals surface area contributed by atoms with Gasteiger partial charge in [0.2, 0.25) is 0 Å². The average molecular weight is 464 g/mol. The van der Waals surface area contributed by atoms with Gasteiger partial charge in [-0.25, -0.2) is 4.79 Å². The van der Waals surface area contributed by atoms with Gasteiger partial charge in [0.05, 0.1) is 23.9 Å². The highest BCUT2D eigenvalue weighted by atomic mass is 35.5. The highest BCUT2D eigenvalue weighted by Gasteiger charge is 2.22. The van der Waals surface area contributed by atoms with Crippen LogP contribution in [0.15, 0.2) is 41.6 Å². The van der Waals surface area contributed by atoms with Gasteiger partial charge in [-0.3, -0.25) is 4.79 Å². The zero-order valence-corrected chi connectivity index (χ0v) is 17.4. The maximum Gasteiger partial charge on any atom is 0.334 e. The summed E-state index contributed by atoms with van der Waals surface area (Å²) in [6, 6.07) is 8.15. The highest BCUT2D eigenvalue weighted by molar-refractivity contribution is 6.37. The van der Waals surface area contributed by atoms with E-state index in [4.69, 9.17) is 51.2 Å². The molecule has 1 amide bonds. The van der Waals surface area contributed by atoms with Crippen LogP contribution >= 0.6 is 46.4 Å². The lowest BCUT2D eigenvalue weighted by molar-refractivity contribution is -0.140. The molecule has 0 radical (unpaired) electrons. The predicted octanol–water partition coefficient (Wildman–Crippen LogP) is 4.77. The molecule has 2 rings (SSSR count). The molecule has 0 spiro atoms. The first kappa shape index (κ1) is 22.3. The van der Waals surface area contributed by atoms with Crippen LogP contribution in [-0.2, 0) is 21.0 Å². The quantitative estimate of drug-likeness (QED) is 0.364. The molecular weight excluding hydrogens is 450 g/mol. The molecule has 0 saturated heterocycles. The van der Waals surface area contributed by atoms with E-state index in [-0.39, 0.29) is 17.2 Å². The summed E-state index contributed by atoms with van der Waals surface area (Å²) in [5.74, 6) is -1.36. The van der Waals surface area contributed by atoms with Crippen molar-refractivity contribution in [3.05, 3.63) is 67.6 Å². The Labute approximate surface area is 181 Å². The van der Waals surface area contributed by atoms with E-state index in [0.717, 1.165) is 6.21 Å². The van der Waals surface area contributed by atoms with Crippen molar-refractivity contribution in [2.75, 3.05) is 7.11 Å². The van der Waals surface area contributed by atoms with Gasteiger partial charge in [-0.15, -0.1) is 0 Å². The molecule has 6 nitrogen and oxygen atoms in total. The molecule has 2 aromatic carbocycles. The number of nitrogens with zero attached hydrogens (tertiary/aromatic N) is 1. The number of hydrogen-bond acceptors (Lipinski definition) is 5. The zero-order chi connectivity index (χ0) is 20.7. The topological polar surface area (TPSA) is 77.0 Å². The van der Waals surface area contributed by atoms with E-state index < -0.39 is 17.9 Å². The predicted molar refractivity (Wildman–Crippen MR) is 109 cm³/mol. The Morgan fingerprint density at radius 1 is 1.11 bits per heavy atom. The molecule has 0 aliphatic heterocycles. The fraction of sp³-hybridized carbons (Fsp3) is 0.167. The number of amides is 1. The Hall–Kier alpha value is -1.99. The lowest BCUT2D eigenvalue weighted by Gasteiger charge is -2.13. The van der Waals surface area contributed by atoms with Gasteiger partial charge in [-0.2, -0.15) is 0 Å². The summed E-state index contributed by atoms with van der Waals surface area (Å²) in [5.41, 5.74) is 0.673. The van der Waals surface area contributed by atoms with Crippen LogP contribution in [0.1, 0.15) is 15.9 Å². The second-order valence-electron chi connectivity index (χ2n) is 5.33. The summed E-state index contributed by atoms with van der Waals surface area (Å²) in [6.45, 7) is -0.0279. The first-order valence-electron chi connectivity index (χ1n) is 7.75. The molecule has 2 aromatic rings. The van der Waals surface area contributed by atoms with Crippen LogP contribution < -0.4 is 5.32 Å². The van der Waals surface area contributed by atoms with Gasteiger partial charge in [0.25, 0.3) is 5.91 Å². The van der Waals surface area contributed by atoms with Gasteiger partial charge in [0.15, 0.2) is 6.04 Å². The largest absolute Gasteiger partial charge is 0.467 e. The normalized spacial score (nSPS) is 11.9. The molecule has 0 heterocycles. The molecule has 10 heteroatoms. The third-order valence-electron chi connectivity index (χ3n) is 3.47. The number of esters is 1. The molecule has 1 unspecified atom stereocenters. The SMILES string of the molecule is COC(=O)C(/C=N\OCc1c(Cl)cccc1Cl)NC(=O)c1ccc(Cl)cc1Cl. The molecule has 28 heavy (non-hydrogen) atoms. The summed E-state index contributed by atoms with van der Waals surface area (Å²) in [5, 5.41) is 7.47. The summed E-state index contributed by atoms with van der Waals surface area (Å²) in [6.07, 6.45) is 1.08. The summed E-state index contributed by atoms with van der Waals surface area (Å²) in [7, 11) is 1.18. The van der Waals surface area contributed by atoms with Crippen LogP contribution in [0.4, 0.5) is 0 Å². The van der Waals surface area contributed by atoms with Gasteiger partial charge in [0.1, 0.15) is 6.61 Å². The summed E-state index contributed by atoms with van der Waals surface area (Å²) in [4.78, 5) is 29.4. The molecule has 0 aliphatic carbocycles. The Kier molecular flexibility index (Phi) is 8.38. The lowest BCUT2D eigenvalue weighted by Crippen LogP contribution is -2.42. The number of halogens is 4. The van der Waals surface area contributed by atoms with Gasteiger partial charge in [0, 0.05) is 20.6 Å². The van der Waals surface area contributed by atoms with Gasteiger partial charge in [-0.1, -0.05) is 57.6 Å². The number of methoxy groups -OCH3 is 1. The Balaban J connectivity index is 2.06. The number of nitrogens with one attached hydrogen (secondary N) is 1. The third-order valence-corrected chi connectivity index (χ3v) is 4.73. The van der Waals surface area contributed by atoms with Crippen molar-refractivity contribution in [3.63, 3.8) is 0 Å². The fourth-order valence-corrected chi connectivity index (χ4v) is 3.05. The third kappa shape index (κ3) is 6.01. The first-order valence-corrected chi connectivity index (χ1v) is 9.26. The highest BCUT2D eigenvalue weighted by Crippen LogP contribution is 2.25. The molecule has 148 valence electrons. The Bertz CT molecular complexity index is 885. The van der Waals surface area contributed by atoms with Crippen LogP contribution in [0.2, 0.25) is 20.1 Å². The molecule has 1 atom stereocenters. The Morgan fingerprint density at radius 3 is 2.39 bits per heavy atom. The number of hydrogen-bond donors (Lipinski definition) is 1. The van der Waals surface area contributed by atoms with Crippen molar-refractivity contribution in [2.45, 2.75) is 12.6 Å². The van der Waals surface area contributed by atoms with E-state index in [0.29, 0.717) is 20.6 Å². The van der Waals surface area contributed by atoms with Crippen LogP contribution in [0, 0.1) is 0 Å². The van der Waals surface area contributed by atoms with Crippen molar-refractivity contribution >= 4 is 64.5 Å². The zero-order valence-electron chi connectivity index (χ0n) is 14.4. The number of rotatable bonds is 7. The molecule has 0 aromatic heterocycles. The van der Waals surface area contributed by atoms with Crippen molar-refractivity contribution in [1.29, 1.82) is 0 Å². The van der Waals surface area contributed by atoms with E-state index in [1.165, 1.54) is 25.3 Å². The van der Waals surface area contributed by atoms with Crippen molar-refractivity contribution in [2.24, 2.45) is 5.16 Å². The van der Waals surface area contributed by atoms with Crippen molar-refractivity contribution in [1.82, 2.24) is 5.32 Å². The second-order valence-corrected chi connectivity index (χ2v) is 6.98. The maximum atomic E-state index is 12.4. The summed E-state index contributed by atoms with van der Waals surface area (Å²) < 4.78 is 4.66. The van der Waals surface area contributed by atoms with E-state index in [9.17, 15) is 9.59 Å². The molecular formula is C18H14Cl4N2O4. The van der Waals surface area contributed by atoms with Crippen LogP contribution in [0.3, 0.4) is 0 Å². The number of carbonyl (C=O) groups excluding carboxylic acids is 2. The number of ether oxygens (including phenoxy) is 1. The van der Waals surface area contributed by atoms with Gasteiger partial charge < -0.3 is 14.9 Å². The van der Waals surface area contributed by atoms with Crippen LogP contribution in [0.25, 0.3) is 0 Å². The molecule has 0 fully saturated rings. The van der Waals surface area contributed by atoms with Crippen LogP contribution in [0.5, 0.6) is 0 Å². The maximum absolute atomic E-state index is 12.4. The minimum Gasteiger partial charge on any atom is -0.467 e. The molecule has 0 aliphatic rings. The number of benzene rings is 2. The van der Waals surface area contributed by atoms with Crippen molar-refractivity contribution in [3.8, 4) is 0 Å². The smallest absolute Gasteiger partial charge is 0.334 e. The molecule has 0 saturated carbocycles. The van der Waals surface area contributed by atoms with Crippen LogP contribution in [-0.4, -0.2) is 31.2 Å². The van der Waals surface area contributed by atoms with E-state index in [1.807, 2.05) is 0 Å². The lowest BCUT2D eigenvalue weighted by atomic mass is 10.2. The van der Waals surface area contributed by atoms with E-state index >= 15 is 0 Å². The van der Waals surface area contributed by atoms with E-state index in [2.05, 4.69) is 15.2 Å². The Morgan fingerprint density at radius 2 is 1.79 bits per heavy atom. The first-order chi connectivity index (χ1) is 13.3. The minimum atomic E-state index is -1.20. The molecule has 0 bridgehead atoms. The number of oxime groups is 1.